The fourth-order valence-corrected chi connectivity index (χ4v) is 5.28. The Hall–Kier alpha value is -2.35. The molecule has 2 fully saturated rings. The van der Waals surface area contributed by atoms with Crippen molar-refractivity contribution in [3.8, 4) is 0 Å². The first-order chi connectivity index (χ1) is 15.2. The summed E-state index contributed by atoms with van der Waals surface area (Å²) in [7, 11) is 0. The molecule has 160 valence electrons. The van der Waals surface area contributed by atoms with Crippen LogP contribution in [0.4, 0.5) is 0 Å². The van der Waals surface area contributed by atoms with Gasteiger partial charge in [0.05, 0.1) is 17.8 Å². The molecule has 0 unspecified atom stereocenters. The number of ether oxygens (including phenoxy) is 1. The number of hydrogen-bond acceptors (Lipinski definition) is 5. The highest BCUT2D eigenvalue weighted by molar-refractivity contribution is 7.99. The zero-order valence-electron chi connectivity index (χ0n) is 17.4. The highest BCUT2D eigenvalue weighted by Crippen LogP contribution is 2.41. The number of benzene rings is 1. The minimum atomic E-state index is -0.0709. The molecule has 0 spiro atoms. The van der Waals surface area contributed by atoms with Crippen LogP contribution < -0.4 is 5.32 Å². The van der Waals surface area contributed by atoms with E-state index in [1.54, 1.807) is 11.8 Å². The van der Waals surface area contributed by atoms with Crippen LogP contribution in [0.3, 0.4) is 0 Å². The molecule has 3 aromatic rings. The van der Waals surface area contributed by atoms with Crippen molar-refractivity contribution < 1.29 is 9.15 Å². The molecule has 2 saturated heterocycles. The molecule has 7 heteroatoms. The molecule has 5 nitrogen and oxygen atoms in total. The molecule has 0 bridgehead atoms. The standard InChI is InChI=1S/C24H25N3O2S2/c1-16-7-9-18(10-8-16)31-21-12-11-20(29-21)23-22(19-6-2-3-13-25-19)26-24(30)27(23)15-17-5-4-14-28-17/h2-3,6-13,17,22-23H,4-5,14-15H2,1H3,(H,26,30)/t17-,22+,23-/m0/s1. The van der Waals surface area contributed by atoms with Gasteiger partial charge >= 0.3 is 0 Å². The maximum atomic E-state index is 6.35. The number of aryl methyl sites for hydroxylation is 1. The number of furan rings is 1. The van der Waals surface area contributed by atoms with E-state index < -0.39 is 0 Å². The quantitative estimate of drug-likeness (QED) is 0.511. The van der Waals surface area contributed by atoms with Crippen LogP contribution in [0, 0.1) is 6.92 Å². The average molecular weight is 452 g/mol. The fraction of sp³-hybridized carbons (Fsp3) is 0.333. The largest absolute Gasteiger partial charge is 0.452 e. The number of nitrogens with one attached hydrogen (secondary N) is 1. The molecule has 0 amide bonds. The Kier molecular flexibility index (Phi) is 5.98. The molecule has 3 atom stereocenters. The van der Waals surface area contributed by atoms with Crippen molar-refractivity contribution in [3.63, 3.8) is 0 Å². The predicted molar refractivity (Wildman–Crippen MR) is 125 cm³/mol. The lowest BCUT2D eigenvalue weighted by Gasteiger charge is -2.28. The van der Waals surface area contributed by atoms with Crippen molar-refractivity contribution in [2.75, 3.05) is 13.2 Å². The maximum Gasteiger partial charge on any atom is 0.170 e. The van der Waals surface area contributed by atoms with Gasteiger partial charge in [0.25, 0.3) is 0 Å². The van der Waals surface area contributed by atoms with Gasteiger partial charge in [0.2, 0.25) is 0 Å². The van der Waals surface area contributed by atoms with Crippen LogP contribution >= 0.6 is 24.0 Å². The van der Waals surface area contributed by atoms with Crippen LogP contribution in [0.2, 0.25) is 0 Å². The van der Waals surface area contributed by atoms with Gasteiger partial charge in [0.1, 0.15) is 11.8 Å². The second kappa shape index (κ2) is 9.02. The molecule has 1 N–H and O–H groups in total. The van der Waals surface area contributed by atoms with E-state index in [0.717, 1.165) is 52.5 Å². The lowest BCUT2D eigenvalue weighted by Crippen LogP contribution is -2.36. The van der Waals surface area contributed by atoms with E-state index in [0.29, 0.717) is 0 Å². The Labute approximate surface area is 192 Å². The Balaban J connectivity index is 1.43. The molecule has 2 aliphatic heterocycles. The topological polar surface area (TPSA) is 50.5 Å². The van der Waals surface area contributed by atoms with Crippen LogP contribution in [-0.4, -0.2) is 34.3 Å². The number of rotatable bonds is 6. The van der Waals surface area contributed by atoms with Crippen LogP contribution in [0.25, 0.3) is 0 Å². The van der Waals surface area contributed by atoms with Crippen LogP contribution in [0.15, 0.2) is 75.2 Å². The number of nitrogens with zero attached hydrogens (tertiary/aromatic N) is 2. The molecule has 31 heavy (non-hydrogen) atoms. The number of thiocarbonyl (C=S) groups is 1. The van der Waals surface area contributed by atoms with Gasteiger partial charge in [0.15, 0.2) is 10.2 Å². The highest BCUT2D eigenvalue weighted by Gasteiger charge is 2.42. The number of pyridine rings is 1. The molecular formula is C24H25N3O2S2. The van der Waals surface area contributed by atoms with Gasteiger partial charge in [-0.15, -0.1) is 0 Å². The van der Waals surface area contributed by atoms with Gasteiger partial charge in [0, 0.05) is 24.2 Å². The molecule has 0 saturated carbocycles. The molecule has 2 aromatic heterocycles. The molecule has 4 heterocycles. The summed E-state index contributed by atoms with van der Waals surface area (Å²) < 4.78 is 12.3. The first-order valence-corrected chi connectivity index (χ1v) is 11.8. The van der Waals surface area contributed by atoms with E-state index in [4.69, 9.17) is 21.4 Å². The lowest BCUT2D eigenvalue weighted by atomic mass is 10.0. The Morgan fingerprint density at radius 1 is 1.16 bits per heavy atom. The molecule has 5 rings (SSSR count). The van der Waals surface area contributed by atoms with Crippen LogP contribution in [0.5, 0.6) is 0 Å². The summed E-state index contributed by atoms with van der Waals surface area (Å²) >= 11 is 7.37. The Morgan fingerprint density at radius 3 is 2.77 bits per heavy atom. The van der Waals surface area contributed by atoms with Gasteiger partial charge in [-0.25, -0.2) is 0 Å². The van der Waals surface area contributed by atoms with Gasteiger partial charge in [-0.3, -0.25) is 4.98 Å². The lowest BCUT2D eigenvalue weighted by molar-refractivity contribution is 0.0812. The second-order valence-corrected chi connectivity index (χ2v) is 9.45. The summed E-state index contributed by atoms with van der Waals surface area (Å²) in [6, 6.07) is 18.4. The minimum absolute atomic E-state index is 0.0704. The second-order valence-electron chi connectivity index (χ2n) is 7.99. The summed E-state index contributed by atoms with van der Waals surface area (Å²) in [5.74, 6) is 0.885. The zero-order valence-corrected chi connectivity index (χ0v) is 19.0. The Bertz CT molecular complexity index is 1030. The summed E-state index contributed by atoms with van der Waals surface area (Å²) in [6.45, 7) is 3.67. The predicted octanol–water partition coefficient (Wildman–Crippen LogP) is 5.29. The summed E-state index contributed by atoms with van der Waals surface area (Å²) in [6.07, 6.45) is 4.18. The summed E-state index contributed by atoms with van der Waals surface area (Å²) in [5, 5.41) is 5.07. The van der Waals surface area contributed by atoms with Crippen molar-refractivity contribution in [2.45, 2.75) is 47.9 Å². The first kappa shape index (κ1) is 20.5. The van der Waals surface area contributed by atoms with Crippen molar-refractivity contribution in [1.82, 2.24) is 15.2 Å². The molecule has 0 radical (unpaired) electrons. The Morgan fingerprint density at radius 2 is 2.03 bits per heavy atom. The van der Waals surface area contributed by atoms with Crippen molar-refractivity contribution in [1.29, 1.82) is 0 Å². The van der Waals surface area contributed by atoms with E-state index in [-0.39, 0.29) is 18.2 Å². The SMILES string of the molecule is Cc1ccc(Sc2ccc([C@H]3[C@@H](c4ccccn4)NC(=S)N3C[C@@H]3CCCO3)o2)cc1. The average Bonchev–Trinajstić information content (AvgIpc) is 3.52. The van der Waals surface area contributed by atoms with Crippen molar-refractivity contribution >= 4 is 29.1 Å². The number of aromatic nitrogens is 1. The van der Waals surface area contributed by atoms with Crippen LogP contribution in [0.1, 0.15) is 41.9 Å². The van der Waals surface area contributed by atoms with Gasteiger partial charge in [-0.2, -0.15) is 0 Å². The zero-order chi connectivity index (χ0) is 21.2. The van der Waals surface area contributed by atoms with Gasteiger partial charge < -0.3 is 19.4 Å². The van der Waals surface area contributed by atoms with E-state index in [1.807, 2.05) is 30.5 Å². The summed E-state index contributed by atoms with van der Waals surface area (Å²) in [4.78, 5) is 7.96. The summed E-state index contributed by atoms with van der Waals surface area (Å²) in [5.41, 5.74) is 2.20. The third kappa shape index (κ3) is 4.49. The number of hydrogen-bond donors (Lipinski definition) is 1. The maximum absolute atomic E-state index is 6.35. The van der Waals surface area contributed by atoms with Gasteiger partial charge in [-0.1, -0.05) is 35.5 Å². The monoisotopic (exact) mass is 451 g/mol. The third-order valence-corrected chi connectivity index (χ3v) is 7.04. The van der Waals surface area contributed by atoms with Crippen molar-refractivity contribution in [2.24, 2.45) is 0 Å². The van der Waals surface area contributed by atoms with E-state index in [9.17, 15) is 0 Å². The normalized spacial score (nSPS) is 23.3. The molecule has 0 aliphatic carbocycles. The van der Waals surface area contributed by atoms with E-state index in [1.165, 1.54) is 5.56 Å². The molecule has 1 aromatic carbocycles. The van der Waals surface area contributed by atoms with E-state index in [2.05, 4.69) is 52.5 Å². The minimum Gasteiger partial charge on any atom is -0.452 e. The molecule has 2 aliphatic rings. The molecular weight excluding hydrogens is 426 g/mol. The van der Waals surface area contributed by atoms with Crippen molar-refractivity contribution in [3.05, 3.63) is 77.8 Å². The van der Waals surface area contributed by atoms with Crippen LogP contribution in [-0.2, 0) is 4.74 Å². The fourth-order valence-electron chi connectivity index (χ4n) is 4.19. The first-order valence-electron chi connectivity index (χ1n) is 10.6. The smallest absolute Gasteiger partial charge is 0.170 e. The van der Waals surface area contributed by atoms with Gasteiger partial charge in [-0.05, 0) is 68.4 Å². The van der Waals surface area contributed by atoms with E-state index >= 15 is 0 Å². The highest BCUT2D eigenvalue weighted by atomic mass is 32.2. The third-order valence-electron chi connectivity index (χ3n) is 5.76.